The highest BCUT2D eigenvalue weighted by molar-refractivity contribution is 7.22. The van der Waals surface area contributed by atoms with Crippen molar-refractivity contribution in [1.82, 2.24) is 15.6 Å². The molecule has 0 bridgehead atoms. The first kappa shape index (κ1) is 13.8. The van der Waals surface area contributed by atoms with Gasteiger partial charge < -0.3 is 15.4 Å². The van der Waals surface area contributed by atoms with E-state index in [1.807, 2.05) is 18.2 Å². The van der Waals surface area contributed by atoms with E-state index in [0.717, 1.165) is 16.0 Å². The molecule has 1 unspecified atom stereocenters. The normalized spacial score (nSPS) is 18.3. The van der Waals surface area contributed by atoms with Crippen LogP contribution in [0.2, 0.25) is 0 Å². The Morgan fingerprint density at radius 2 is 2.38 bits per heavy atom. The summed E-state index contributed by atoms with van der Waals surface area (Å²) < 4.78 is 6.10. The van der Waals surface area contributed by atoms with Crippen LogP contribution in [0.25, 0.3) is 10.2 Å². The van der Waals surface area contributed by atoms with E-state index in [-0.39, 0.29) is 24.9 Å². The molecule has 1 aliphatic heterocycles. The molecule has 2 amide bonds. The highest BCUT2D eigenvalue weighted by Gasteiger charge is 2.24. The smallest absolute Gasteiger partial charge is 0.245 e. The lowest BCUT2D eigenvalue weighted by atomic mass is 10.2. The number of aromatic nitrogens is 1. The van der Waals surface area contributed by atoms with Crippen molar-refractivity contribution in [3.8, 4) is 5.75 Å². The van der Waals surface area contributed by atoms with E-state index >= 15 is 0 Å². The molecule has 3 rings (SSSR count). The monoisotopic (exact) mass is 306 g/mol. The summed E-state index contributed by atoms with van der Waals surface area (Å²) in [5, 5.41) is 8.82. The first-order valence-corrected chi connectivity index (χ1v) is 7.23. The van der Waals surface area contributed by atoms with E-state index in [2.05, 4.69) is 20.9 Å². The standard InChI is InChI=1S/C13H14N4O3S/c1-20-7-2-3-8-10(4-7)21-13(16-8)17-12(19)9-5-15-11(18)6-14-9/h2-4,9,14H,5-6H2,1H3,(H,15,18)(H,16,17,19). The van der Waals surface area contributed by atoms with Crippen LogP contribution in [0.5, 0.6) is 5.75 Å². The van der Waals surface area contributed by atoms with Crippen LogP contribution < -0.4 is 20.7 Å². The molecule has 0 spiro atoms. The molecule has 3 N–H and O–H groups in total. The van der Waals surface area contributed by atoms with Crippen LogP contribution in [0.15, 0.2) is 18.2 Å². The Kier molecular flexibility index (Phi) is 3.72. The number of hydrogen-bond donors (Lipinski definition) is 3. The molecule has 1 aromatic carbocycles. The van der Waals surface area contributed by atoms with Gasteiger partial charge in [0, 0.05) is 6.54 Å². The Morgan fingerprint density at radius 1 is 1.52 bits per heavy atom. The van der Waals surface area contributed by atoms with E-state index < -0.39 is 6.04 Å². The number of carbonyl (C=O) groups is 2. The number of hydrogen-bond acceptors (Lipinski definition) is 6. The Bertz CT molecular complexity index is 690. The van der Waals surface area contributed by atoms with Crippen molar-refractivity contribution in [3.63, 3.8) is 0 Å². The van der Waals surface area contributed by atoms with Crippen molar-refractivity contribution >= 4 is 38.5 Å². The number of thiazole rings is 1. The van der Waals surface area contributed by atoms with Crippen LogP contribution >= 0.6 is 11.3 Å². The number of methoxy groups -OCH3 is 1. The number of rotatable bonds is 3. The Balaban J connectivity index is 1.72. The lowest BCUT2D eigenvalue weighted by Crippen LogP contribution is -2.56. The van der Waals surface area contributed by atoms with Gasteiger partial charge in [0.05, 0.1) is 23.9 Å². The number of piperazine rings is 1. The molecule has 1 aromatic heterocycles. The number of amides is 2. The quantitative estimate of drug-likeness (QED) is 0.760. The molecule has 0 aliphatic carbocycles. The second kappa shape index (κ2) is 5.66. The van der Waals surface area contributed by atoms with Gasteiger partial charge in [-0.1, -0.05) is 11.3 Å². The topological polar surface area (TPSA) is 92.3 Å². The summed E-state index contributed by atoms with van der Waals surface area (Å²) in [4.78, 5) is 27.5. The van der Waals surface area contributed by atoms with Gasteiger partial charge in [0.15, 0.2) is 5.13 Å². The van der Waals surface area contributed by atoms with Gasteiger partial charge in [-0.3, -0.25) is 14.9 Å². The second-order valence-electron chi connectivity index (χ2n) is 4.58. The van der Waals surface area contributed by atoms with Crippen LogP contribution in [0.3, 0.4) is 0 Å². The predicted octanol–water partition coefficient (Wildman–Crippen LogP) is 0.331. The average Bonchev–Trinajstić information content (AvgIpc) is 2.88. The SMILES string of the molecule is COc1ccc2nc(NC(=O)C3CNC(=O)CN3)sc2c1. The first-order chi connectivity index (χ1) is 10.2. The number of ether oxygens (including phenoxy) is 1. The third-order valence-corrected chi connectivity index (χ3v) is 4.09. The van der Waals surface area contributed by atoms with E-state index in [1.54, 1.807) is 7.11 Å². The van der Waals surface area contributed by atoms with Gasteiger partial charge in [-0.2, -0.15) is 0 Å². The summed E-state index contributed by atoms with van der Waals surface area (Å²) in [6.45, 7) is 0.429. The van der Waals surface area contributed by atoms with Crippen molar-refractivity contribution < 1.29 is 14.3 Å². The lowest BCUT2D eigenvalue weighted by Gasteiger charge is -2.22. The van der Waals surface area contributed by atoms with Crippen molar-refractivity contribution in [3.05, 3.63) is 18.2 Å². The van der Waals surface area contributed by atoms with Crippen molar-refractivity contribution in [1.29, 1.82) is 0 Å². The number of benzene rings is 1. The maximum absolute atomic E-state index is 12.1. The Hall–Kier alpha value is -2.19. The fourth-order valence-electron chi connectivity index (χ4n) is 2.03. The molecule has 7 nitrogen and oxygen atoms in total. The first-order valence-electron chi connectivity index (χ1n) is 6.41. The van der Waals surface area contributed by atoms with Crippen molar-refractivity contribution in [2.24, 2.45) is 0 Å². The zero-order valence-electron chi connectivity index (χ0n) is 11.3. The molecule has 1 saturated heterocycles. The maximum atomic E-state index is 12.1. The molecule has 2 heterocycles. The second-order valence-corrected chi connectivity index (χ2v) is 5.61. The minimum Gasteiger partial charge on any atom is -0.497 e. The van der Waals surface area contributed by atoms with Gasteiger partial charge in [-0.15, -0.1) is 0 Å². The van der Waals surface area contributed by atoms with Crippen molar-refractivity contribution in [2.45, 2.75) is 6.04 Å². The molecule has 0 saturated carbocycles. The third kappa shape index (κ3) is 2.96. The molecule has 21 heavy (non-hydrogen) atoms. The number of carbonyl (C=O) groups excluding carboxylic acids is 2. The third-order valence-electron chi connectivity index (χ3n) is 3.15. The van der Waals surface area contributed by atoms with Gasteiger partial charge in [-0.05, 0) is 18.2 Å². The van der Waals surface area contributed by atoms with E-state index in [1.165, 1.54) is 11.3 Å². The fraction of sp³-hybridized carbons (Fsp3) is 0.308. The molecular weight excluding hydrogens is 292 g/mol. The molecule has 8 heteroatoms. The molecule has 1 aliphatic rings. The van der Waals surface area contributed by atoms with Crippen LogP contribution in [0.1, 0.15) is 0 Å². The van der Waals surface area contributed by atoms with E-state index in [9.17, 15) is 9.59 Å². The molecule has 110 valence electrons. The van der Waals surface area contributed by atoms with Gasteiger partial charge >= 0.3 is 0 Å². The highest BCUT2D eigenvalue weighted by atomic mass is 32.1. The lowest BCUT2D eigenvalue weighted by molar-refractivity contribution is -0.124. The Morgan fingerprint density at radius 3 is 3.10 bits per heavy atom. The molecule has 1 atom stereocenters. The molecule has 2 aromatic rings. The van der Waals surface area contributed by atoms with Crippen LogP contribution in [-0.4, -0.2) is 43.0 Å². The number of anilines is 1. The predicted molar refractivity (Wildman–Crippen MR) is 79.6 cm³/mol. The summed E-state index contributed by atoms with van der Waals surface area (Å²) in [7, 11) is 1.61. The summed E-state index contributed by atoms with van der Waals surface area (Å²) >= 11 is 1.38. The zero-order chi connectivity index (χ0) is 14.8. The van der Waals surface area contributed by atoms with E-state index in [4.69, 9.17) is 4.74 Å². The van der Waals surface area contributed by atoms with Gasteiger partial charge in [0.1, 0.15) is 11.8 Å². The largest absolute Gasteiger partial charge is 0.497 e. The van der Waals surface area contributed by atoms with Gasteiger partial charge in [-0.25, -0.2) is 4.98 Å². The van der Waals surface area contributed by atoms with Crippen molar-refractivity contribution in [2.75, 3.05) is 25.5 Å². The number of nitrogens with zero attached hydrogens (tertiary/aromatic N) is 1. The zero-order valence-corrected chi connectivity index (χ0v) is 12.1. The molecular formula is C13H14N4O3S. The van der Waals surface area contributed by atoms with Gasteiger partial charge in [0.2, 0.25) is 11.8 Å². The van der Waals surface area contributed by atoms with Crippen LogP contribution in [0.4, 0.5) is 5.13 Å². The maximum Gasteiger partial charge on any atom is 0.245 e. The van der Waals surface area contributed by atoms with Gasteiger partial charge in [0.25, 0.3) is 0 Å². The molecule has 0 radical (unpaired) electrons. The Labute approximate surface area is 124 Å². The average molecular weight is 306 g/mol. The highest BCUT2D eigenvalue weighted by Crippen LogP contribution is 2.29. The number of fused-ring (bicyclic) bond motifs is 1. The number of nitrogens with one attached hydrogen (secondary N) is 3. The van der Waals surface area contributed by atoms with E-state index in [0.29, 0.717) is 5.13 Å². The minimum absolute atomic E-state index is 0.105. The summed E-state index contributed by atoms with van der Waals surface area (Å²) in [5.74, 6) is 0.438. The van der Waals surface area contributed by atoms with Crippen LogP contribution in [-0.2, 0) is 9.59 Å². The minimum atomic E-state index is -0.441. The summed E-state index contributed by atoms with van der Waals surface area (Å²) in [6, 6.07) is 5.11. The fourth-order valence-corrected chi connectivity index (χ4v) is 2.93. The summed E-state index contributed by atoms with van der Waals surface area (Å²) in [6.07, 6.45) is 0. The summed E-state index contributed by atoms with van der Waals surface area (Å²) in [5.41, 5.74) is 0.806. The van der Waals surface area contributed by atoms with Crippen LogP contribution in [0, 0.1) is 0 Å². The molecule has 1 fully saturated rings.